The number of rotatable bonds is 10. The molecule has 0 aromatic rings. The zero-order chi connectivity index (χ0) is 14.7. The minimum atomic E-state index is -0.439. The van der Waals surface area contributed by atoms with Gasteiger partial charge in [0, 0.05) is 26.1 Å². The van der Waals surface area contributed by atoms with Crippen molar-refractivity contribution in [3.8, 4) is 0 Å². The number of nitrogens with two attached hydrogens (primary N) is 1. The fourth-order valence-electron chi connectivity index (χ4n) is 1.69. The first-order valence-electron chi connectivity index (χ1n) is 6.86. The third-order valence-electron chi connectivity index (χ3n) is 2.95. The van der Waals surface area contributed by atoms with Crippen molar-refractivity contribution in [1.82, 2.24) is 10.2 Å². The Kier molecular flexibility index (Phi) is 14.8. The molecule has 0 bridgehead atoms. The fraction of sp³-hybridized carbons (Fsp3) is 0.846. The lowest BCUT2D eigenvalue weighted by Gasteiger charge is -2.18. The van der Waals surface area contributed by atoms with E-state index in [0.717, 1.165) is 18.8 Å². The molecule has 0 aliphatic heterocycles. The number of carbonyl (C=O) groups is 2. The molecule has 0 aromatic carbocycles. The van der Waals surface area contributed by atoms with Gasteiger partial charge in [-0.05, 0) is 38.7 Å². The van der Waals surface area contributed by atoms with E-state index in [4.69, 9.17) is 5.73 Å². The van der Waals surface area contributed by atoms with Crippen LogP contribution in [0.3, 0.4) is 0 Å². The normalized spacial score (nSPS) is 11.4. The Labute approximate surface area is 132 Å². The van der Waals surface area contributed by atoms with Crippen LogP contribution in [0.25, 0.3) is 0 Å². The van der Waals surface area contributed by atoms with Gasteiger partial charge in [0.05, 0.1) is 6.04 Å². The number of carbonyl (C=O) groups excluding carboxylic acids is 2. The molecule has 0 aliphatic rings. The minimum absolute atomic E-state index is 0. The van der Waals surface area contributed by atoms with Gasteiger partial charge in [0.1, 0.15) is 0 Å². The maximum atomic E-state index is 11.7. The Morgan fingerprint density at radius 1 is 1.30 bits per heavy atom. The summed E-state index contributed by atoms with van der Waals surface area (Å²) in [5.41, 5.74) is 5.74. The second kappa shape index (κ2) is 13.5. The third-order valence-corrected chi connectivity index (χ3v) is 3.60. The largest absolute Gasteiger partial charge is 0.355 e. The summed E-state index contributed by atoms with van der Waals surface area (Å²) in [6, 6.07) is -0.439. The second-order valence-corrected chi connectivity index (χ2v) is 5.33. The molecule has 3 N–H and O–H groups in total. The van der Waals surface area contributed by atoms with Gasteiger partial charge in [0.2, 0.25) is 11.8 Å². The van der Waals surface area contributed by atoms with Crippen LogP contribution in [0.15, 0.2) is 0 Å². The smallest absolute Gasteiger partial charge is 0.236 e. The van der Waals surface area contributed by atoms with Crippen LogP contribution in [0, 0.1) is 0 Å². The van der Waals surface area contributed by atoms with Crippen LogP contribution in [0.5, 0.6) is 0 Å². The van der Waals surface area contributed by atoms with E-state index in [9.17, 15) is 9.59 Å². The highest BCUT2D eigenvalue weighted by molar-refractivity contribution is 7.98. The number of halogens is 1. The lowest BCUT2D eigenvalue weighted by atomic mass is 10.2. The highest BCUT2D eigenvalue weighted by atomic mass is 35.5. The summed E-state index contributed by atoms with van der Waals surface area (Å²) >= 11 is 1.68. The first-order chi connectivity index (χ1) is 9.06. The fourth-order valence-corrected chi connectivity index (χ4v) is 2.18. The Hall–Kier alpha value is -0.460. The molecule has 7 heteroatoms. The lowest BCUT2D eigenvalue weighted by Crippen LogP contribution is -2.41. The van der Waals surface area contributed by atoms with Crippen LogP contribution in [-0.4, -0.2) is 54.4 Å². The van der Waals surface area contributed by atoms with Gasteiger partial charge >= 0.3 is 0 Å². The molecule has 0 heterocycles. The van der Waals surface area contributed by atoms with Crippen molar-refractivity contribution in [2.45, 2.75) is 39.2 Å². The first kappa shape index (κ1) is 21.8. The van der Waals surface area contributed by atoms with Crippen molar-refractivity contribution in [2.24, 2.45) is 5.73 Å². The van der Waals surface area contributed by atoms with Crippen molar-refractivity contribution in [3.05, 3.63) is 0 Å². The van der Waals surface area contributed by atoms with Crippen molar-refractivity contribution in [1.29, 1.82) is 0 Å². The van der Waals surface area contributed by atoms with Gasteiger partial charge in [0.25, 0.3) is 0 Å². The second-order valence-electron chi connectivity index (χ2n) is 4.35. The van der Waals surface area contributed by atoms with Gasteiger partial charge in [-0.25, -0.2) is 0 Å². The summed E-state index contributed by atoms with van der Waals surface area (Å²) in [5.74, 6) is 0.907. The maximum Gasteiger partial charge on any atom is 0.236 e. The van der Waals surface area contributed by atoms with Gasteiger partial charge in [-0.2, -0.15) is 11.8 Å². The van der Waals surface area contributed by atoms with Gasteiger partial charge < -0.3 is 16.0 Å². The summed E-state index contributed by atoms with van der Waals surface area (Å²) < 4.78 is 0. The molecule has 0 saturated carbocycles. The molecule has 0 fully saturated rings. The molecule has 1 atom stereocenters. The molecule has 20 heavy (non-hydrogen) atoms. The zero-order valence-corrected chi connectivity index (χ0v) is 14.3. The van der Waals surface area contributed by atoms with Crippen LogP contribution in [0.4, 0.5) is 0 Å². The number of thioether (sulfide) groups is 1. The Bertz CT molecular complexity index is 276. The summed E-state index contributed by atoms with van der Waals surface area (Å²) in [7, 11) is 0. The van der Waals surface area contributed by atoms with Crippen LogP contribution in [0.2, 0.25) is 0 Å². The maximum absolute atomic E-state index is 11.7. The number of hydrogen-bond donors (Lipinski definition) is 2. The quantitative estimate of drug-likeness (QED) is 0.593. The zero-order valence-electron chi connectivity index (χ0n) is 12.7. The highest BCUT2D eigenvalue weighted by Crippen LogP contribution is 1.99. The molecule has 0 spiro atoms. The van der Waals surface area contributed by atoms with E-state index < -0.39 is 6.04 Å². The molecule has 0 rings (SSSR count). The molecule has 120 valence electrons. The third kappa shape index (κ3) is 9.44. The van der Waals surface area contributed by atoms with E-state index >= 15 is 0 Å². The first-order valence-corrected chi connectivity index (χ1v) is 8.26. The standard InChI is InChI=1S/C13H27N3O2S.ClH/c1-4-16(5-2)12(17)7-6-9-15-13(18)11(14)8-10-19-3;/h11H,4-10,14H2,1-3H3,(H,15,18);1H/t11-;/m0./s1. The Balaban J connectivity index is 0. The van der Waals surface area contributed by atoms with E-state index in [1.807, 2.05) is 20.1 Å². The molecule has 0 aromatic heterocycles. The topological polar surface area (TPSA) is 75.4 Å². The highest BCUT2D eigenvalue weighted by Gasteiger charge is 2.13. The minimum Gasteiger partial charge on any atom is -0.355 e. The molecule has 0 saturated heterocycles. The Morgan fingerprint density at radius 2 is 1.90 bits per heavy atom. The van der Waals surface area contributed by atoms with Gasteiger partial charge in [0.15, 0.2) is 0 Å². The number of hydrogen-bond acceptors (Lipinski definition) is 4. The number of amides is 2. The van der Waals surface area contributed by atoms with Crippen molar-refractivity contribution in [2.75, 3.05) is 31.6 Å². The predicted octanol–water partition coefficient (Wildman–Crippen LogP) is 1.25. The summed E-state index contributed by atoms with van der Waals surface area (Å²) in [6.45, 7) is 5.92. The molecule has 0 radical (unpaired) electrons. The molecular formula is C13H28ClN3O2S. The molecule has 2 amide bonds. The van der Waals surface area contributed by atoms with Gasteiger partial charge in [-0.3, -0.25) is 9.59 Å². The van der Waals surface area contributed by atoms with Crippen LogP contribution in [-0.2, 0) is 9.59 Å². The average molecular weight is 326 g/mol. The average Bonchev–Trinajstić information content (AvgIpc) is 2.41. The van der Waals surface area contributed by atoms with Crippen LogP contribution >= 0.6 is 24.2 Å². The summed E-state index contributed by atoms with van der Waals surface area (Å²) in [6.07, 6.45) is 3.81. The van der Waals surface area contributed by atoms with Crippen molar-refractivity contribution < 1.29 is 9.59 Å². The molecular weight excluding hydrogens is 298 g/mol. The number of nitrogens with zero attached hydrogens (tertiary/aromatic N) is 1. The van der Waals surface area contributed by atoms with Crippen LogP contribution in [0.1, 0.15) is 33.1 Å². The van der Waals surface area contributed by atoms with E-state index in [0.29, 0.717) is 25.8 Å². The monoisotopic (exact) mass is 325 g/mol. The summed E-state index contributed by atoms with van der Waals surface area (Å²) in [5, 5.41) is 2.78. The Morgan fingerprint density at radius 3 is 2.40 bits per heavy atom. The van der Waals surface area contributed by atoms with Gasteiger partial charge in [-0.15, -0.1) is 12.4 Å². The SMILES string of the molecule is CCN(CC)C(=O)CCCNC(=O)[C@@H](N)CCSC.Cl. The molecule has 0 aliphatic carbocycles. The van der Waals surface area contributed by atoms with E-state index in [-0.39, 0.29) is 24.2 Å². The van der Waals surface area contributed by atoms with E-state index in [1.165, 1.54) is 0 Å². The van der Waals surface area contributed by atoms with Crippen LogP contribution < -0.4 is 11.1 Å². The lowest BCUT2D eigenvalue weighted by molar-refractivity contribution is -0.131. The molecule has 5 nitrogen and oxygen atoms in total. The van der Waals surface area contributed by atoms with Crippen molar-refractivity contribution in [3.63, 3.8) is 0 Å². The van der Waals surface area contributed by atoms with E-state index in [1.54, 1.807) is 16.7 Å². The predicted molar refractivity (Wildman–Crippen MR) is 88.4 cm³/mol. The summed E-state index contributed by atoms with van der Waals surface area (Å²) in [4.78, 5) is 25.1. The molecule has 0 unspecified atom stereocenters. The van der Waals surface area contributed by atoms with Gasteiger partial charge in [-0.1, -0.05) is 0 Å². The van der Waals surface area contributed by atoms with E-state index in [2.05, 4.69) is 5.32 Å². The number of nitrogens with one attached hydrogen (secondary N) is 1. The van der Waals surface area contributed by atoms with Crippen molar-refractivity contribution >= 4 is 36.0 Å².